The topological polar surface area (TPSA) is 86.8 Å². The number of aliphatic hydroxyl groups excluding tert-OH is 1. The van der Waals surface area contributed by atoms with Crippen molar-refractivity contribution in [3.8, 4) is 0 Å². The lowest BCUT2D eigenvalue weighted by atomic mass is 9.44. The van der Waals surface area contributed by atoms with Crippen LogP contribution in [0.3, 0.4) is 0 Å². The Morgan fingerprint density at radius 3 is 2.65 bits per heavy atom. The zero-order valence-corrected chi connectivity index (χ0v) is 22.9. The molecule has 0 aromatic heterocycles. The van der Waals surface area contributed by atoms with Crippen molar-refractivity contribution in [2.45, 2.75) is 127 Å². The third-order valence-corrected chi connectivity index (χ3v) is 12.6. The number of carbonyl (C=O) groups is 1. The van der Waals surface area contributed by atoms with E-state index in [0.717, 1.165) is 32.1 Å². The molecule has 7 heteroatoms. The molecule has 3 aliphatic heterocycles. The molecule has 12 atom stereocenters. The first-order valence-corrected chi connectivity index (χ1v) is 14.7. The van der Waals surface area contributed by atoms with Gasteiger partial charge in [-0.1, -0.05) is 13.8 Å². The Morgan fingerprint density at radius 1 is 1.05 bits per heavy atom. The molecule has 206 valence electrons. The molecular weight excluding hydrogens is 472 g/mol. The highest BCUT2D eigenvalue weighted by molar-refractivity contribution is 5.85. The lowest BCUT2D eigenvalue weighted by molar-refractivity contribution is -0.271. The number of aliphatic hydroxyl groups is 1. The maximum atomic E-state index is 11.8. The van der Waals surface area contributed by atoms with Crippen molar-refractivity contribution in [2.24, 2.45) is 28.6 Å². The number of epoxide rings is 1. The summed E-state index contributed by atoms with van der Waals surface area (Å²) in [5.74, 6) is 1.47. The molecule has 0 amide bonds. The summed E-state index contributed by atoms with van der Waals surface area (Å²) in [6.45, 7) is 7.37. The summed E-state index contributed by atoms with van der Waals surface area (Å²) in [5.41, 5.74) is 1.57. The predicted molar refractivity (Wildman–Crippen MR) is 134 cm³/mol. The maximum Gasteiger partial charge on any atom is 0.331 e. The first-order valence-electron chi connectivity index (χ1n) is 14.7. The van der Waals surface area contributed by atoms with Crippen LogP contribution in [0.1, 0.15) is 85.0 Å². The van der Waals surface area contributed by atoms with E-state index < -0.39 is 6.10 Å². The van der Waals surface area contributed by atoms with Gasteiger partial charge in [-0.2, -0.15) is 0 Å². The molecule has 2 saturated heterocycles. The van der Waals surface area contributed by atoms with Gasteiger partial charge >= 0.3 is 5.97 Å². The summed E-state index contributed by atoms with van der Waals surface area (Å²) in [6.07, 6.45) is 11.4. The Labute approximate surface area is 220 Å². The minimum Gasteiger partial charge on any atom is -0.458 e. The standard InChI is InChI=1S/C30H44O7/c1-17-26(32)22(33-4)15-25(35-17)36-20-6-9-27(2)19(14-20)5-11-29-23(27)8-10-28(3)21(7-12-30(28,29)37-29)18-13-24(31)34-16-18/h13,17,19-23,25-26,32H,5-12,14-16H2,1-4H3/t17-,19?,20?,21?,22+,23?,25+,26+,27?,28?,29?,30?/m1/s1. The van der Waals surface area contributed by atoms with Gasteiger partial charge in [0.25, 0.3) is 0 Å². The molecule has 37 heavy (non-hydrogen) atoms. The van der Waals surface area contributed by atoms with E-state index in [4.69, 9.17) is 23.7 Å². The van der Waals surface area contributed by atoms with Gasteiger partial charge in [-0.25, -0.2) is 4.79 Å². The van der Waals surface area contributed by atoms with Gasteiger partial charge in [0.2, 0.25) is 0 Å². The van der Waals surface area contributed by atoms with E-state index in [-0.39, 0.29) is 52.6 Å². The summed E-state index contributed by atoms with van der Waals surface area (Å²) in [6, 6.07) is 0. The summed E-state index contributed by atoms with van der Waals surface area (Å²) in [5, 5.41) is 10.3. The fourth-order valence-electron chi connectivity index (χ4n) is 10.6. The Kier molecular flexibility index (Phi) is 5.58. The van der Waals surface area contributed by atoms with E-state index in [1.54, 1.807) is 13.2 Å². The van der Waals surface area contributed by atoms with Crippen LogP contribution >= 0.6 is 0 Å². The Morgan fingerprint density at radius 2 is 1.89 bits per heavy atom. The van der Waals surface area contributed by atoms with Crippen LogP contribution in [0.4, 0.5) is 0 Å². The second-order valence-corrected chi connectivity index (χ2v) is 13.8. The number of fused-ring (bicyclic) bond motifs is 2. The molecule has 8 unspecified atom stereocenters. The van der Waals surface area contributed by atoms with Gasteiger partial charge in [-0.05, 0) is 93.5 Å². The van der Waals surface area contributed by atoms with Crippen LogP contribution < -0.4 is 0 Å². The van der Waals surface area contributed by atoms with Crippen molar-refractivity contribution in [3.05, 3.63) is 11.6 Å². The Balaban J connectivity index is 1.06. The second-order valence-electron chi connectivity index (χ2n) is 13.8. The molecule has 0 radical (unpaired) electrons. The maximum absolute atomic E-state index is 11.8. The van der Waals surface area contributed by atoms with Crippen LogP contribution in [0.15, 0.2) is 11.6 Å². The van der Waals surface area contributed by atoms with Crippen molar-refractivity contribution in [1.82, 2.24) is 0 Å². The number of methoxy groups -OCH3 is 1. The number of ether oxygens (including phenoxy) is 5. The molecule has 4 saturated carbocycles. The summed E-state index contributed by atoms with van der Waals surface area (Å²) in [4.78, 5) is 11.8. The smallest absolute Gasteiger partial charge is 0.331 e. The van der Waals surface area contributed by atoms with Gasteiger partial charge in [0.1, 0.15) is 23.9 Å². The zero-order chi connectivity index (χ0) is 25.8. The van der Waals surface area contributed by atoms with E-state index >= 15 is 0 Å². The summed E-state index contributed by atoms with van der Waals surface area (Å²) in [7, 11) is 1.65. The highest BCUT2D eigenvalue weighted by atomic mass is 16.7. The van der Waals surface area contributed by atoms with Crippen LogP contribution in [-0.2, 0) is 28.5 Å². The molecule has 2 spiro atoms. The molecule has 3 heterocycles. The van der Waals surface area contributed by atoms with Crippen LogP contribution in [-0.4, -0.2) is 66.7 Å². The normalized spacial score (nSPS) is 56.5. The quantitative estimate of drug-likeness (QED) is 0.339. The van der Waals surface area contributed by atoms with Crippen molar-refractivity contribution >= 4 is 5.97 Å². The first-order chi connectivity index (χ1) is 17.7. The molecule has 7 aliphatic rings. The molecule has 0 aromatic carbocycles. The van der Waals surface area contributed by atoms with Gasteiger partial charge in [-0.15, -0.1) is 0 Å². The predicted octanol–water partition coefficient (Wildman–Crippen LogP) is 4.30. The average Bonchev–Trinajstić information content (AvgIpc) is 3.18. The Bertz CT molecular complexity index is 996. The lowest BCUT2D eigenvalue weighted by Gasteiger charge is -2.58. The van der Waals surface area contributed by atoms with Gasteiger partial charge in [0, 0.05) is 25.0 Å². The summed E-state index contributed by atoms with van der Waals surface area (Å²) < 4.78 is 30.4. The van der Waals surface area contributed by atoms with Crippen molar-refractivity contribution < 1.29 is 33.6 Å². The lowest BCUT2D eigenvalue weighted by Crippen LogP contribution is -2.59. The third kappa shape index (κ3) is 3.27. The molecular formula is C30H44O7. The molecule has 7 nitrogen and oxygen atoms in total. The fourth-order valence-corrected chi connectivity index (χ4v) is 10.6. The largest absolute Gasteiger partial charge is 0.458 e. The highest BCUT2D eigenvalue weighted by Crippen LogP contribution is 2.81. The second kappa shape index (κ2) is 8.26. The molecule has 4 aliphatic carbocycles. The first kappa shape index (κ1) is 25.0. The van der Waals surface area contributed by atoms with Crippen molar-refractivity contribution in [1.29, 1.82) is 0 Å². The third-order valence-electron chi connectivity index (χ3n) is 12.6. The van der Waals surface area contributed by atoms with Gasteiger partial charge in [-0.3, -0.25) is 0 Å². The van der Waals surface area contributed by atoms with Crippen LogP contribution in [0.25, 0.3) is 0 Å². The zero-order valence-electron chi connectivity index (χ0n) is 22.9. The monoisotopic (exact) mass is 516 g/mol. The molecule has 1 N–H and O–H groups in total. The van der Waals surface area contributed by atoms with Crippen LogP contribution in [0, 0.1) is 28.6 Å². The van der Waals surface area contributed by atoms with E-state index in [2.05, 4.69) is 13.8 Å². The SMILES string of the molecule is CO[C@H]1C[C@H](OC2CCC3(C)C(CCC45OC46CCC(C4=CC(=O)OC4)C6(C)CCC35)C2)O[C@H](C)[C@@H]1O. The van der Waals surface area contributed by atoms with Crippen LogP contribution in [0.2, 0.25) is 0 Å². The fraction of sp³-hybridized carbons (Fsp3) is 0.900. The van der Waals surface area contributed by atoms with E-state index in [9.17, 15) is 9.90 Å². The Hall–Kier alpha value is -0.990. The number of hydrogen-bond acceptors (Lipinski definition) is 7. The minimum absolute atomic E-state index is 0.0153. The minimum atomic E-state index is -0.606. The van der Waals surface area contributed by atoms with Crippen molar-refractivity contribution in [3.63, 3.8) is 0 Å². The van der Waals surface area contributed by atoms with E-state index in [1.165, 1.54) is 31.3 Å². The molecule has 7 rings (SSSR count). The van der Waals surface area contributed by atoms with Crippen molar-refractivity contribution in [2.75, 3.05) is 13.7 Å². The number of rotatable bonds is 4. The highest BCUT2D eigenvalue weighted by Gasteiger charge is 2.86. The van der Waals surface area contributed by atoms with Gasteiger partial charge in [0.05, 0.1) is 18.3 Å². The number of esters is 1. The van der Waals surface area contributed by atoms with E-state index in [0.29, 0.717) is 30.8 Å². The number of carbonyl (C=O) groups excluding carboxylic acids is 1. The van der Waals surface area contributed by atoms with Crippen LogP contribution in [0.5, 0.6) is 0 Å². The molecule has 0 bridgehead atoms. The molecule has 0 aromatic rings. The van der Waals surface area contributed by atoms with Gasteiger partial charge < -0.3 is 28.8 Å². The molecule has 6 fully saturated rings. The van der Waals surface area contributed by atoms with Gasteiger partial charge in [0.15, 0.2) is 6.29 Å². The summed E-state index contributed by atoms with van der Waals surface area (Å²) >= 11 is 0. The average molecular weight is 517 g/mol. The van der Waals surface area contributed by atoms with E-state index in [1.807, 2.05) is 6.92 Å². The number of cyclic esters (lactones) is 1. The number of hydrogen-bond donors (Lipinski definition) is 1.